The Balaban J connectivity index is 1.87. The lowest BCUT2D eigenvalue weighted by Crippen LogP contribution is -2.32. The fourth-order valence-corrected chi connectivity index (χ4v) is 3.87. The van der Waals surface area contributed by atoms with Crippen molar-refractivity contribution < 1.29 is 9.53 Å². The molecule has 0 fully saturated rings. The summed E-state index contributed by atoms with van der Waals surface area (Å²) in [6, 6.07) is 15.0. The van der Waals surface area contributed by atoms with E-state index in [-0.39, 0.29) is 17.9 Å². The van der Waals surface area contributed by atoms with Crippen LogP contribution >= 0.6 is 0 Å². The Labute approximate surface area is 153 Å². The zero-order chi connectivity index (χ0) is 18.5. The highest BCUT2D eigenvalue weighted by Crippen LogP contribution is 2.39. The molecule has 0 spiro atoms. The van der Waals surface area contributed by atoms with Gasteiger partial charge in [0.15, 0.2) is 0 Å². The standard InChI is InChI=1S/C20H16N4O3/c1-27-15-9-5-2-6-11(15)12-10-16(25)22-18-17(12)19(26)23-20-21-13-7-3-4-8-14(13)24(18)20/h2-9,12H,10H2,1H3,(H,22,25)(H,21,23,26)/t12-/m1/s1. The number of carbonyl (C=O) groups excluding carboxylic acids is 1. The summed E-state index contributed by atoms with van der Waals surface area (Å²) in [4.78, 5) is 32.8. The minimum atomic E-state index is -0.404. The van der Waals surface area contributed by atoms with Crippen LogP contribution in [0.25, 0.3) is 16.8 Å². The van der Waals surface area contributed by atoms with Gasteiger partial charge in [-0.25, -0.2) is 4.98 Å². The summed E-state index contributed by atoms with van der Waals surface area (Å²) in [5, 5.41) is 2.88. The molecule has 1 amide bonds. The monoisotopic (exact) mass is 360 g/mol. The number of anilines is 1. The lowest BCUT2D eigenvalue weighted by atomic mass is 9.86. The van der Waals surface area contributed by atoms with Crippen molar-refractivity contribution in [2.45, 2.75) is 12.3 Å². The SMILES string of the molecule is COc1ccccc1[C@H]1CC(=O)Nc2c1c(=O)[nH]c1nc3ccccc3n21. The largest absolute Gasteiger partial charge is 0.496 e. The second kappa shape index (κ2) is 5.70. The van der Waals surface area contributed by atoms with Gasteiger partial charge < -0.3 is 10.1 Å². The van der Waals surface area contributed by atoms with Crippen molar-refractivity contribution in [1.29, 1.82) is 0 Å². The van der Waals surface area contributed by atoms with Crippen LogP contribution in [0.4, 0.5) is 5.82 Å². The van der Waals surface area contributed by atoms with Crippen molar-refractivity contribution >= 4 is 28.5 Å². The molecule has 4 aromatic rings. The minimum absolute atomic E-state index is 0.150. The molecule has 0 aliphatic carbocycles. The van der Waals surface area contributed by atoms with Crippen LogP contribution in [-0.4, -0.2) is 27.4 Å². The van der Waals surface area contributed by atoms with E-state index in [0.29, 0.717) is 22.9 Å². The molecule has 2 aromatic carbocycles. The predicted octanol–water partition coefficient (Wildman–Crippen LogP) is 2.66. The highest BCUT2D eigenvalue weighted by atomic mass is 16.5. The number of nitrogens with one attached hydrogen (secondary N) is 2. The number of benzene rings is 2. The predicted molar refractivity (Wildman–Crippen MR) is 101 cm³/mol. The molecule has 0 bridgehead atoms. The van der Waals surface area contributed by atoms with Gasteiger partial charge in [0.25, 0.3) is 5.56 Å². The molecular formula is C20H16N4O3. The van der Waals surface area contributed by atoms with Gasteiger partial charge in [-0.05, 0) is 18.2 Å². The Morgan fingerprint density at radius 3 is 2.74 bits per heavy atom. The average molecular weight is 360 g/mol. The molecule has 1 aliphatic rings. The number of nitrogens with zero attached hydrogens (tertiary/aromatic N) is 2. The van der Waals surface area contributed by atoms with Gasteiger partial charge in [-0.1, -0.05) is 30.3 Å². The molecule has 0 unspecified atom stereocenters. The van der Waals surface area contributed by atoms with E-state index in [1.54, 1.807) is 11.5 Å². The molecule has 0 radical (unpaired) electrons. The van der Waals surface area contributed by atoms with Gasteiger partial charge >= 0.3 is 0 Å². The summed E-state index contributed by atoms with van der Waals surface area (Å²) in [5.41, 5.74) is 2.63. The summed E-state index contributed by atoms with van der Waals surface area (Å²) in [6.45, 7) is 0. The molecule has 7 heteroatoms. The molecule has 5 rings (SSSR count). The zero-order valence-electron chi connectivity index (χ0n) is 14.5. The first kappa shape index (κ1) is 15.6. The maximum atomic E-state index is 12.9. The van der Waals surface area contributed by atoms with E-state index in [0.717, 1.165) is 16.6 Å². The number of para-hydroxylation sites is 3. The number of hydrogen-bond donors (Lipinski definition) is 2. The first-order valence-corrected chi connectivity index (χ1v) is 8.63. The van der Waals surface area contributed by atoms with Crippen molar-refractivity contribution in [1.82, 2.24) is 14.4 Å². The Hall–Kier alpha value is -3.61. The van der Waals surface area contributed by atoms with Crippen LogP contribution in [0.5, 0.6) is 5.75 Å². The van der Waals surface area contributed by atoms with Crippen molar-refractivity contribution in [2.75, 3.05) is 12.4 Å². The normalized spacial score (nSPS) is 16.3. The number of aromatic amines is 1. The maximum absolute atomic E-state index is 12.9. The van der Waals surface area contributed by atoms with Crippen molar-refractivity contribution in [3.05, 3.63) is 70.0 Å². The van der Waals surface area contributed by atoms with E-state index >= 15 is 0 Å². The van der Waals surface area contributed by atoms with Crippen molar-refractivity contribution in [3.8, 4) is 5.75 Å². The zero-order valence-corrected chi connectivity index (χ0v) is 14.5. The van der Waals surface area contributed by atoms with Crippen LogP contribution in [0.2, 0.25) is 0 Å². The van der Waals surface area contributed by atoms with E-state index in [1.165, 1.54) is 0 Å². The molecule has 1 atom stereocenters. The molecule has 0 saturated heterocycles. The van der Waals surface area contributed by atoms with E-state index in [9.17, 15) is 9.59 Å². The number of hydrogen-bond acceptors (Lipinski definition) is 4. The van der Waals surface area contributed by atoms with E-state index in [4.69, 9.17) is 4.74 Å². The van der Waals surface area contributed by atoms with Gasteiger partial charge in [-0.15, -0.1) is 0 Å². The fraction of sp³-hybridized carbons (Fsp3) is 0.150. The Bertz CT molecular complexity index is 1270. The first-order valence-electron chi connectivity index (χ1n) is 8.63. The number of fused-ring (bicyclic) bond motifs is 5. The van der Waals surface area contributed by atoms with Gasteiger partial charge in [0.2, 0.25) is 11.7 Å². The summed E-state index contributed by atoms with van der Waals surface area (Å²) in [7, 11) is 1.58. The average Bonchev–Trinajstić information content (AvgIpc) is 3.05. The van der Waals surface area contributed by atoms with Crippen LogP contribution in [0.3, 0.4) is 0 Å². The van der Waals surface area contributed by atoms with Crippen LogP contribution in [0, 0.1) is 0 Å². The maximum Gasteiger partial charge on any atom is 0.258 e. The summed E-state index contributed by atoms with van der Waals surface area (Å²) < 4.78 is 7.27. The number of H-pyrrole nitrogens is 1. The third-order valence-electron chi connectivity index (χ3n) is 5.02. The number of ether oxygens (including phenoxy) is 1. The molecule has 0 saturated carbocycles. The van der Waals surface area contributed by atoms with E-state index in [2.05, 4.69) is 15.3 Å². The summed E-state index contributed by atoms with van der Waals surface area (Å²) in [6.07, 6.45) is 0.175. The molecule has 134 valence electrons. The van der Waals surface area contributed by atoms with Gasteiger partial charge in [-0.3, -0.25) is 19.0 Å². The van der Waals surface area contributed by atoms with Crippen molar-refractivity contribution in [3.63, 3.8) is 0 Å². The molecule has 3 heterocycles. The van der Waals surface area contributed by atoms with Crippen LogP contribution in [0.1, 0.15) is 23.5 Å². The highest BCUT2D eigenvalue weighted by molar-refractivity contribution is 5.96. The molecule has 7 nitrogen and oxygen atoms in total. The van der Waals surface area contributed by atoms with Crippen LogP contribution < -0.4 is 15.6 Å². The molecule has 27 heavy (non-hydrogen) atoms. The smallest absolute Gasteiger partial charge is 0.258 e. The lowest BCUT2D eigenvalue weighted by molar-refractivity contribution is -0.116. The number of rotatable bonds is 2. The quantitative estimate of drug-likeness (QED) is 0.575. The van der Waals surface area contributed by atoms with E-state index in [1.807, 2.05) is 48.5 Å². The van der Waals surface area contributed by atoms with Gasteiger partial charge in [0.05, 0.1) is 23.7 Å². The van der Waals surface area contributed by atoms with Gasteiger partial charge in [0.1, 0.15) is 11.6 Å². The first-order chi connectivity index (χ1) is 13.2. The Kier molecular flexibility index (Phi) is 3.30. The third kappa shape index (κ3) is 2.25. The van der Waals surface area contributed by atoms with Gasteiger partial charge in [-0.2, -0.15) is 0 Å². The number of methoxy groups -OCH3 is 1. The summed E-state index contributed by atoms with van der Waals surface area (Å²) in [5.74, 6) is 0.968. The Morgan fingerprint density at radius 1 is 1.11 bits per heavy atom. The molecule has 1 aliphatic heterocycles. The van der Waals surface area contributed by atoms with Crippen LogP contribution in [-0.2, 0) is 4.79 Å². The van der Waals surface area contributed by atoms with Crippen molar-refractivity contribution in [2.24, 2.45) is 0 Å². The lowest BCUT2D eigenvalue weighted by Gasteiger charge is -2.26. The second-order valence-corrected chi connectivity index (χ2v) is 6.52. The fourth-order valence-electron chi connectivity index (χ4n) is 3.87. The number of carbonyl (C=O) groups is 1. The number of aromatic nitrogens is 3. The number of imidazole rings is 1. The molecule has 2 N–H and O–H groups in total. The van der Waals surface area contributed by atoms with E-state index < -0.39 is 5.92 Å². The number of amides is 1. The third-order valence-corrected chi connectivity index (χ3v) is 5.02. The topological polar surface area (TPSA) is 88.5 Å². The van der Waals surface area contributed by atoms with Crippen LogP contribution in [0.15, 0.2) is 53.3 Å². The molecular weight excluding hydrogens is 344 g/mol. The van der Waals surface area contributed by atoms with Gasteiger partial charge in [0, 0.05) is 17.9 Å². The second-order valence-electron chi connectivity index (χ2n) is 6.52. The highest BCUT2D eigenvalue weighted by Gasteiger charge is 2.33. The summed E-state index contributed by atoms with van der Waals surface area (Å²) >= 11 is 0. The Morgan fingerprint density at radius 2 is 1.89 bits per heavy atom. The molecule has 2 aromatic heterocycles. The minimum Gasteiger partial charge on any atom is -0.496 e.